The maximum Gasteiger partial charge on any atom is 0.243 e. The number of nitrogens with one attached hydrogen (secondary N) is 1. The lowest BCUT2D eigenvalue weighted by Gasteiger charge is -2.22. The quantitative estimate of drug-likeness (QED) is 0.324. The van der Waals surface area contributed by atoms with Gasteiger partial charge in [-0.2, -0.15) is 4.31 Å². The molecule has 5 rings (SSSR count). The second-order valence-corrected chi connectivity index (χ2v) is 10.5. The van der Waals surface area contributed by atoms with Crippen LogP contribution in [-0.4, -0.2) is 22.7 Å². The molecule has 5 nitrogen and oxygen atoms in total. The molecule has 0 fully saturated rings. The normalized spacial score (nSPS) is 12.1. The molecule has 33 heavy (non-hydrogen) atoms. The average molecular weight is 476 g/mol. The van der Waals surface area contributed by atoms with Gasteiger partial charge in [-0.3, -0.25) is 4.98 Å². The fourth-order valence-corrected chi connectivity index (χ4v) is 5.45. The Labute approximate surface area is 197 Å². The van der Waals surface area contributed by atoms with E-state index in [-0.39, 0.29) is 18.0 Å². The van der Waals surface area contributed by atoms with E-state index in [9.17, 15) is 8.42 Å². The zero-order valence-corrected chi connectivity index (χ0v) is 19.6. The minimum absolute atomic E-state index is 0.133. The minimum Gasteiger partial charge on any atom is -0.357 e. The van der Waals surface area contributed by atoms with Crippen molar-refractivity contribution in [3.05, 3.63) is 107 Å². The summed E-state index contributed by atoms with van der Waals surface area (Å²) in [6.07, 6.45) is 0. The van der Waals surface area contributed by atoms with E-state index < -0.39 is 10.0 Å². The van der Waals surface area contributed by atoms with Crippen LogP contribution in [0.25, 0.3) is 21.8 Å². The molecule has 0 bridgehead atoms. The van der Waals surface area contributed by atoms with Gasteiger partial charge in [-0.15, -0.1) is 0 Å². The number of H-pyrrole nitrogens is 1. The van der Waals surface area contributed by atoms with Crippen LogP contribution < -0.4 is 0 Å². The summed E-state index contributed by atoms with van der Waals surface area (Å²) in [5.74, 6) is 0. The number of hydrogen-bond donors (Lipinski definition) is 1. The number of nitrogens with zero attached hydrogens (tertiary/aromatic N) is 2. The van der Waals surface area contributed by atoms with Crippen molar-refractivity contribution in [2.45, 2.75) is 24.9 Å². The summed E-state index contributed by atoms with van der Waals surface area (Å²) in [6.45, 7) is 2.26. The Kier molecular flexibility index (Phi) is 5.66. The molecule has 0 radical (unpaired) electrons. The molecule has 0 saturated carbocycles. The van der Waals surface area contributed by atoms with Crippen molar-refractivity contribution in [3.63, 3.8) is 0 Å². The number of aromatic nitrogens is 2. The molecular weight excluding hydrogens is 454 g/mol. The van der Waals surface area contributed by atoms with Crippen molar-refractivity contribution in [2.75, 3.05) is 0 Å². The summed E-state index contributed by atoms with van der Waals surface area (Å²) >= 11 is 6.14. The third kappa shape index (κ3) is 4.50. The maximum atomic E-state index is 13.6. The van der Waals surface area contributed by atoms with Gasteiger partial charge in [-0.1, -0.05) is 59.6 Å². The number of fused-ring (bicyclic) bond motifs is 2. The molecule has 0 saturated heterocycles. The molecule has 0 spiro atoms. The van der Waals surface area contributed by atoms with Crippen LogP contribution in [0.1, 0.15) is 17.0 Å². The fourth-order valence-electron chi connectivity index (χ4n) is 3.90. The lowest BCUT2D eigenvalue weighted by Crippen LogP contribution is -2.30. The Morgan fingerprint density at radius 2 is 1.64 bits per heavy atom. The SMILES string of the molecule is Cc1ccc(S(=O)(=O)N(Cc2ccc3ccc(Cl)cc3n2)Cc2cc3ccccc3[nH]2)cc1. The summed E-state index contributed by atoms with van der Waals surface area (Å²) < 4.78 is 28.8. The van der Waals surface area contributed by atoms with Gasteiger partial charge in [0.2, 0.25) is 10.0 Å². The highest BCUT2D eigenvalue weighted by Gasteiger charge is 2.26. The number of sulfonamides is 1. The standard InChI is InChI=1S/C26H22ClN3O2S/c1-18-6-12-24(13-7-18)33(31,32)30(17-23-14-20-4-2-3-5-25(20)29-23)16-22-11-9-19-8-10-21(27)15-26(19)28-22/h2-15,29H,16-17H2,1H3. The Bertz CT molecular complexity index is 1530. The highest BCUT2D eigenvalue weighted by Crippen LogP contribution is 2.24. The highest BCUT2D eigenvalue weighted by atomic mass is 35.5. The molecule has 0 aliphatic rings. The summed E-state index contributed by atoms with van der Waals surface area (Å²) in [5, 5.41) is 2.58. The van der Waals surface area contributed by atoms with E-state index in [0.717, 1.165) is 33.1 Å². The van der Waals surface area contributed by atoms with Gasteiger partial charge in [0.1, 0.15) is 0 Å². The summed E-state index contributed by atoms with van der Waals surface area (Å²) in [7, 11) is -3.77. The Hall–Kier alpha value is -3.19. The topological polar surface area (TPSA) is 66.1 Å². The van der Waals surface area contributed by atoms with Gasteiger partial charge in [0, 0.05) is 21.6 Å². The van der Waals surface area contributed by atoms with E-state index in [1.54, 1.807) is 18.2 Å². The third-order valence-electron chi connectivity index (χ3n) is 5.64. The summed E-state index contributed by atoms with van der Waals surface area (Å²) in [5.41, 5.74) is 4.17. The van der Waals surface area contributed by atoms with Gasteiger partial charge in [0.15, 0.2) is 0 Å². The van der Waals surface area contributed by atoms with Gasteiger partial charge in [0.05, 0.1) is 29.2 Å². The molecule has 0 amide bonds. The molecule has 2 aromatic heterocycles. The first-order valence-corrected chi connectivity index (χ1v) is 12.4. The monoisotopic (exact) mass is 475 g/mol. The van der Waals surface area contributed by atoms with Crippen LogP contribution in [0.4, 0.5) is 0 Å². The van der Waals surface area contributed by atoms with Gasteiger partial charge < -0.3 is 4.98 Å². The Balaban J connectivity index is 1.54. The molecular formula is C26H22ClN3O2S. The maximum absolute atomic E-state index is 13.6. The lowest BCUT2D eigenvalue weighted by atomic mass is 10.2. The van der Waals surface area contributed by atoms with E-state index in [0.29, 0.717) is 10.7 Å². The molecule has 5 aromatic rings. The van der Waals surface area contributed by atoms with E-state index in [2.05, 4.69) is 9.97 Å². The second-order valence-electron chi connectivity index (χ2n) is 8.11. The van der Waals surface area contributed by atoms with Crippen molar-refractivity contribution < 1.29 is 8.42 Å². The van der Waals surface area contributed by atoms with E-state index in [4.69, 9.17) is 11.6 Å². The second kappa shape index (κ2) is 8.63. The molecule has 1 N–H and O–H groups in total. The van der Waals surface area contributed by atoms with E-state index in [1.165, 1.54) is 4.31 Å². The smallest absolute Gasteiger partial charge is 0.243 e. The predicted octanol–water partition coefficient (Wildman–Crippen LogP) is 6.07. The summed E-state index contributed by atoms with van der Waals surface area (Å²) in [4.78, 5) is 8.28. The number of pyridine rings is 1. The van der Waals surface area contributed by atoms with Gasteiger partial charge in [0.25, 0.3) is 0 Å². The Morgan fingerprint density at radius 1 is 0.879 bits per heavy atom. The molecule has 0 atom stereocenters. The van der Waals surface area contributed by atoms with Gasteiger partial charge >= 0.3 is 0 Å². The zero-order chi connectivity index (χ0) is 23.0. The van der Waals surface area contributed by atoms with Gasteiger partial charge in [-0.05, 0) is 54.8 Å². The lowest BCUT2D eigenvalue weighted by molar-refractivity contribution is 0.394. The van der Waals surface area contributed by atoms with Crippen molar-refractivity contribution in [1.29, 1.82) is 0 Å². The van der Waals surface area contributed by atoms with Crippen molar-refractivity contribution in [3.8, 4) is 0 Å². The predicted molar refractivity (Wildman–Crippen MR) is 133 cm³/mol. The third-order valence-corrected chi connectivity index (χ3v) is 7.68. The van der Waals surface area contributed by atoms with Gasteiger partial charge in [-0.25, -0.2) is 8.42 Å². The Morgan fingerprint density at radius 3 is 2.42 bits per heavy atom. The fraction of sp³-hybridized carbons (Fsp3) is 0.115. The first-order chi connectivity index (χ1) is 15.9. The molecule has 3 aromatic carbocycles. The van der Waals surface area contributed by atoms with E-state index in [1.807, 2.05) is 73.7 Å². The molecule has 166 valence electrons. The van der Waals surface area contributed by atoms with Crippen molar-refractivity contribution in [2.24, 2.45) is 0 Å². The largest absolute Gasteiger partial charge is 0.357 e. The van der Waals surface area contributed by atoms with Crippen LogP contribution in [-0.2, 0) is 23.1 Å². The van der Waals surface area contributed by atoms with Crippen LogP contribution in [0.3, 0.4) is 0 Å². The number of para-hydroxylation sites is 1. The molecule has 2 heterocycles. The number of hydrogen-bond acceptors (Lipinski definition) is 3. The van der Waals surface area contributed by atoms with Crippen LogP contribution in [0.15, 0.2) is 89.8 Å². The van der Waals surface area contributed by atoms with Crippen LogP contribution in [0.2, 0.25) is 5.02 Å². The minimum atomic E-state index is -3.77. The highest BCUT2D eigenvalue weighted by molar-refractivity contribution is 7.89. The van der Waals surface area contributed by atoms with Crippen LogP contribution >= 0.6 is 11.6 Å². The molecule has 7 heteroatoms. The zero-order valence-electron chi connectivity index (χ0n) is 18.0. The molecule has 0 unspecified atom stereocenters. The number of benzene rings is 3. The van der Waals surface area contributed by atoms with Crippen molar-refractivity contribution in [1.82, 2.24) is 14.3 Å². The first-order valence-electron chi connectivity index (χ1n) is 10.6. The number of aryl methyl sites for hydroxylation is 1. The molecule has 0 aliphatic heterocycles. The van der Waals surface area contributed by atoms with Crippen LogP contribution in [0, 0.1) is 6.92 Å². The molecule has 0 aliphatic carbocycles. The van der Waals surface area contributed by atoms with Crippen molar-refractivity contribution >= 4 is 43.4 Å². The van der Waals surface area contributed by atoms with Crippen LogP contribution in [0.5, 0.6) is 0 Å². The number of aromatic amines is 1. The average Bonchev–Trinajstić information content (AvgIpc) is 3.21. The first kappa shape index (κ1) is 21.6. The summed E-state index contributed by atoms with van der Waals surface area (Å²) in [6, 6.07) is 26.1. The van der Waals surface area contributed by atoms with E-state index >= 15 is 0 Å². The number of halogens is 1. The number of rotatable bonds is 6.